The van der Waals surface area contributed by atoms with Crippen molar-refractivity contribution in [2.75, 3.05) is 0 Å². The maximum Gasteiger partial charge on any atom is 0.336 e. The van der Waals surface area contributed by atoms with Gasteiger partial charge in [0, 0.05) is 6.07 Å². The largest absolute Gasteiger partial charge is 0.478 e. The summed E-state index contributed by atoms with van der Waals surface area (Å²) in [4.78, 5) is 23.1. The van der Waals surface area contributed by atoms with Crippen LogP contribution in [-0.4, -0.2) is 16.0 Å². The van der Waals surface area contributed by atoms with Crippen LogP contribution < -0.4 is 4.74 Å². The summed E-state index contributed by atoms with van der Waals surface area (Å²) in [5, 5.41) is 21.5. The number of carboxylic acids is 1. The minimum Gasteiger partial charge on any atom is -0.478 e. The predicted molar refractivity (Wildman–Crippen MR) is 146 cm³/mol. The molecule has 0 bridgehead atoms. The Morgan fingerprint density at radius 3 is 2.39 bits per heavy atom. The highest BCUT2D eigenvalue weighted by molar-refractivity contribution is 5.94. The van der Waals surface area contributed by atoms with E-state index in [1.165, 1.54) is 30.3 Å². The first-order valence-electron chi connectivity index (χ1n) is 11.8. The zero-order chi connectivity index (χ0) is 27.1. The second-order valence-electron chi connectivity index (χ2n) is 8.41. The molecule has 0 aliphatic carbocycles. The highest BCUT2D eigenvalue weighted by atomic mass is 19.1. The number of carboxylic acid groups (broad SMARTS) is 1. The molecule has 0 atom stereocenters. The molecule has 190 valence electrons. The monoisotopic (exact) mass is 509 g/mol. The van der Waals surface area contributed by atoms with Gasteiger partial charge in [0.25, 0.3) is 0 Å². The van der Waals surface area contributed by atoms with E-state index in [0.29, 0.717) is 28.9 Å². The van der Waals surface area contributed by atoms with Crippen LogP contribution in [0.2, 0.25) is 0 Å². The molecule has 0 fully saturated rings. The topological polar surface area (TPSA) is 89.7 Å². The number of ether oxygens (including phenoxy) is 1. The number of carbonyl (C=O) groups is 1. The summed E-state index contributed by atoms with van der Waals surface area (Å²) < 4.78 is 19.3. The third-order valence-corrected chi connectivity index (χ3v) is 5.86. The molecule has 1 N–H and O–H groups in total. The number of benzene rings is 4. The Morgan fingerprint density at radius 2 is 1.68 bits per heavy atom. The molecule has 0 spiro atoms. The Bertz CT molecular complexity index is 1540. The zero-order valence-electron chi connectivity index (χ0n) is 20.5. The van der Waals surface area contributed by atoms with E-state index >= 15 is 0 Å². The van der Waals surface area contributed by atoms with Crippen molar-refractivity contribution in [2.45, 2.75) is 13.3 Å². The summed E-state index contributed by atoms with van der Waals surface area (Å²) in [6.07, 6.45) is 7.71. The smallest absolute Gasteiger partial charge is 0.336 e. The number of rotatable bonds is 9. The fraction of sp³-hybridized carbons (Fsp3) is 0.0645. The van der Waals surface area contributed by atoms with Gasteiger partial charge in [-0.3, -0.25) is 10.1 Å². The lowest BCUT2D eigenvalue weighted by atomic mass is 9.98. The van der Waals surface area contributed by atoms with Gasteiger partial charge in [0.1, 0.15) is 11.6 Å². The fourth-order valence-electron chi connectivity index (χ4n) is 3.91. The van der Waals surface area contributed by atoms with Crippen molar-refractivity contribution >= 4 is 23.8 Å². The van der Waals surface area contributed by atoms with Gasteiger partial charge in [-0.2, -0.15) is 0 Å². The quantitative estimate of drug-likeness (QED) is 0.106. The first kappa shape index (κ1) is 26.0. The number of nitrogens with zero attached hydrogens (tertiary/aromatic N) is 1. The molecule has 0 saturated heterocycles. The highest BCUT2D eigenvalue weighted by Gasteiger charge is 2.18. The van der Waals surface area contributed by atoms with E-state index in [4.69, 9.17) is 4.74 Å². The molecule has 0 unspecified atom stereocenters. The van der Waals surface area contributed by atoms with Crippen LogP contribution in [0.3, 0.4) is 0 Å². The van der Waals surface area contributed by atoms with Crippen LogP contribution in [0.15, 0.2) is 97.1 Å². The van der Waals surface area contributed by atoms with E-state index in [0.717, 1.165) is 11.1 Å². The van der Waals surface area contributed by atoms with Crippen molar-refractivity contribution in [1.82, 2.24) is 0 Å². The first-order valence-corrected chi connectivity index (χ1v) is 11.8. The van der Waals surface area contributed by atoms with Crippen LogP contribution in [0.1, 0.15) is 34.0 Å². The molecule has 6 nitrogen and oxygen atoms in total. The molecule has 4 rings (SSSR count). The van der Waals surface area contributed by atoms with E-state index in [9.17, 15) is 24.4 Å². The highest BCUT2D eigenvalue weighted by Crippen LogP contribution is 2.34. The number of hydrogen-bond donors (Lipinski definition) is 1. The molecule has 0 aromatic heterocycles. The summed E-state index contributed by atoms with van der Waals surface area (Å²) in [5.74, 6) is -0.849. The van der Waals surface area contributed by atoms with Crippen molar-refractivity contribution < 1.29 is 24.0 Å². The van der Waals surface area contributed by atoms with Gasteiger partial charge >= 0.3 is 11.7 Å². The van der Waals surface area contributed by atoms with Gasteiger partial charge in [-0.15, -0.1) is 0 Å². The van der Waals surface area contributed by atoms with E-state index < -0.39 is 10.9 Å². The van der Waals surface area contributed by atoms with Gasteiger partial charge in [0.05, 0.1) is 10.5 Å². The second kappa shape index (κ2) is 11.8. The lowest BCUT2D eigenvalue weighted by Crippen LogP contribution is -1.99. The summed E-state index contributed by atoms with van der Waals surface area (Å²) >= 11 is 0. The Kier molecular flexibility index (Phi) is 8.08. The molecule has 7 heteroatoms. The van der Waals surface area contributed by atoms with E-state index in [-0.39, 0.29) is 22.8 Å². The average Bonchev–Trinajstić information content (AvgIpc) is 2.92. The van der Waals surface area contributed by atoms with Gasteiger partial charge in [0.15, 0.2) is 0 Å². The molecule has 0 amide bonds. The van der Waals surface area contributed by atoms with Crippen LogP contribution in [0.5, 0.6) is 11.5 Å². The first-order chi connectivity index (χ1) is 18.4. The molecule has 0 aliphatic heterocycles. The van der Waals surface area contributed by atoms with Crippen LogP contribution in [0.25, 0.3) is 23.3 Å². The SMILES string of the molecule is C/C=C\Cc1ccccc1Oc1ccc(/C=C/c2cc(-c3ccc(F)cc3)ccc2C(=O)O)cc1[N+](=O)[O-]. The Morgan fingerprint density at radius 1 is 0.947 bits per heavy atom. The molecular weight excluding hydrogens is 485 g/mol. The van der Waals surface area contributed by atoms with Crippen LogP contribution >= 0.6 is 0 Å². The Labute approximate surface area is 219 Å². The minimum atomic E-state index is -1.11. The number of para-hydroxylation sites is 1. The second-order valence-corrected chi connectivity index (χ2v) is 8.41. The van der Waals surface area contributed by atoms with Gasteiger partial charge in [-0.25, -0.2) is 9.18 Å². The van der Waals surface area contributed by atoms with Crippen LogP contribution in [0.4, 0.5) is 10.1 Å². The molecule has 0 saturated carbocycles. The lowest BCUT2D eigenvalue weighted by Gasteiger charge is -2.11. The average molecular weight is 510 g/mol. The number of hydrogen-bond acceptors (Lipinski definition) is 4. The normalized spacial score (nSPS) is 11.2. The van der Waals surface area contributed by atoms with Crippen molar-refractivity contribution in [3.63, 3.8) is 0 Å². The van der Waals surface area contributed by atoms with Crippen LogP contribution in [-0.2, 0) is 6.42 Å². The number of nitro groups is 1. The van der Waals surface area contributed by atoms with Gasteiger partial charge in [-0.05, 0) is 77.6 Å². The van der Waals surface area contributed by atoms with Gasteiger partial charge < -0.3 is 9.84 Å². The van der Waals surface area contributed by atoms with E-state index in [2.05, 4.69) is 0 Å². The Balaban J connectivity index is 1.66. The molecule has 0 heterocycles. The lowest BCUT2D eigenvalue weighted by molar-refractivity contribution is -0.385. The number of nitro benzene ring substituents is 1. The molecule has 0 radical (unpaired) electrons. The summed E-state index contributed by atoms with van der Waals surface area (Å²) in [6, 6.07) is 22.6. The Hall–Kier alpha value is -5.04. The van der Waals surface area contributed by atoms with Gasteiger partial charge in [0.2, 0.25) is 5.75 Å². The zero-order valence-corrected chi connectivity index (χ0v) is 20.5. The van der Waals surface area contributed by atoms with Crippen molar-refractivity contribution in [1.29, 1.82) is 0 Å². The number of aromatic carboxylic acids is 1. The van der Waals surface area contributed by atoms with E-state index in [1.807, 2.05) is 31.2 Å². The summed E-state index contributed by atoms with van der Waals surface area (Å²) in [7, 11) is 0. The fourth-order valence-corrected chi connectivity index (χ4v) is 3.91. The summed E-state index contributed by atoms with van der Waals surface area (Å²) in [5.41, 5.74) is 3.08. The van der Waals surface area contributed by atoms with Crippen molar-refractivity contribution in [2.24, 2.45) is 0 Å². The summed E-state index contributed by atoms with van der Waals surface area (Å²) in [6.45, 7) is 1.92. The number of allylic oxidation sites excluding steroid dienone is 2. The third-order valence-electron chi connectivity index (χ3n) is 5.86. The van der Waals surface area contributed by atoms with Gasteiger partial charge in [-0.1, -0.05) is 66.8 Å². The van der Waals surface area contributed by atoms with Crippen molar-refractivity contribution in [3.05, 3.63) is 135 Å². The number of halogens is 1. The maximum absolute atomic E-state index is 13.3. The molecule has 38 heavy (non-hydrogen) atoms. The van der Waals surface area contributed by atoms with E-state index in [1.54, 1.807) is 54.6 Å². The molecular formula is C31H24FNO5. The molecule has 0 aliphatic rings. The molecule has 4 aromatic rings. The standard InChI is InChI=1S/C31H24FNO5/c1-2-3-6-23-7-4-5-8-29(23)38-30-18-10-21(19-28(30)33(36)37)9-11-25-20-24(14-17-27(25)31(34)35)22-12-15-26(32)16-13-22/h2-5,7-20H,6H2,1H3,(H,34,35)/b3-2-,11-9+. The van der Waals surface area contributed by atoms with Crippen LogP contribution in [0, 0.1) is 15.9 Å². The maximum atomic E-state index is 13.3. The predicted octanol–water partition coefficient (Wildman–Crippen LogP) is 8.18. The minimum absolute atomic E-state index is 0.0688. The van der Waals surface area contributed by atoms with Crippen molar-refractivity contribution in [3.8, 4) is 22.6 Å². The third kappa shape index (κ3) is 6.20. The molecule has 4 aromatic carbocycles.